The monoisotopic (exact) mass is 476 g/mol. The van der Waals surface area contributed by atoms with E-state index in [1.807, 2.05) is 19.1 Å². The fourth-order valence-corrected chi connectivity index (χ4v) is 6.78. The first kappa shape index (κ1) is 21.3. The van der Waals surface area contributed by atoms with Gasteiger partial charge in [-0.2, -0.15) is 0 Å². The number of nitrogens with one attached hydrogen (secondary N) is 2. The molecule has 1 aromatic carbocycles. The topological polar surface area (TPSA) is 84.5 Å². The molecular formula is C23H29BrN2O4. The Morgan fingerprint density at radius 3 is 2.30 bits per heavy atom. The van der Waals surface area contributed by atoms with Gasteiger partial charge in [0.1, 0.15) is 6.54 Å². The number of hydrogen-bond donors (Lipinski definition) is 2. The highest BCUT2D eigenvalue weighted by Gasteiger charge is 2.51. The zero-order valence-corrected chi connectivity index (χ0v) is 18.9. The van der Waals surface area contributed by atoms with Crippen molar-refractivity contribution < 1.29 is 19.1 Å². The number of rotatable bonds is 7. The number of benzene rings is 1. The summed E-state index contributed by atoms with van der Waals surface area (Å²) in [5.74, 6) is 1.27. The second-order valence-corrected chi connectivity index (χ2v) is 10.4. The van der Waals surface area contributed by atoms with Gasteiger partial charge in [-0.05, 0) is 102 Å². The third-order valence-corrected chi connectivity index (χ3v) is 7.55. The number of halogens is 1. The van der Waals surface area contributed by atoms with Crippen molar-refractivity contribution in [2.24, 2.45) is 23.2 Å². The quantitative estimate of drug-likeness (QED) is 0.583. The lowest BCUT2D eigenvalue weighted by atomic mass is 9.49. The molecule has 0 atom stereocenters. The molecule has 4 aliphatic carbocycles. The van der Waals surface area contributed by atoms with Crippen LogP contribution in [-0.4, -0.2) is 30.9 Å². The van der Waals surface area contributed by atoms with Crippen LogP contribution in [0.15, 0.2) is 22.7 Å². The maximum absolute atomic E-state index is 12.5. The number of amides is 2. The van der Waals surface area contributed by atoms with Crippen LogP contribution >= 0.6 is 15.9 Å². The van der Waals surface area contributed by atoms with Crippen molar-refractivity contribution in [3.05, 3.63) is 28.2 Å². The van der Waals surface area contributed by atoms with Crippen molar-refractivity contribution >= 4 is 39.4 Å². The molecule has 0 spiro atoms. The van der Waals surface area contributed by atoms with E-state index in [1.54, 1.807) is 6.07 Å². The van der Waals surface area contributed by atoms with Gasteiger partial charge in [-0.25, -0.2) is 0 Å². The maximum Gasteiger partial charge on any atom is 0.325 e. The molecular weight excluding hydrogens is 448 g/mol. The first-order valence-corrected chi connectivity index (χ1v) is 11.6. The fraction of sp³-hybridized carbons (Fsp3) is 0.609. The van der Waals surface area contributed by atoms with E-state index in [2.05, 4.69) is 26.6 Å². The number of aryl methyl sites for hydroxylation is 1. The van der Waals surface area contributed by atoms with Crippen molar-refractivity contribution in [3.8, 4) is 0 Å². The van der Waals surface area contributed by atoms with Crippen molar-refractivity contribution in [1.29, 1.82) is 0 Å². The molecule has 5 rings (SSSR count). The van der Waals surface area contributed by atoms with Gasteiger partial charge in [0.25, 0.3) is 5.91 Å². The summed E-state index contributed by atoms with van der Waals surface area (Å²) in [6.07, 6.45) is 8.01. The Balaban J connectivity index is 1.18. The summed E-state index contributed by atoms with van der Waals surface area (Å²) in [4.78, 5) is 36.4. The van der Waals surface area contributed by atoms with Crippen LogP contribution in [0.5, 0.6) is 0 Å². The molecule has 0 saturated heterocycles. The number of hydrogen-bond acceptors (Lipinski definition) is 4. The molecule has 1 aromatic rings. The van der Waals surface area contributed by atoms with E-state index in [1.165, 1.54) is 19.3 Å². The Kier molecular flexibility index (Phi) is 6.19. The smallest absolute Gasteiger partial charge is 0.325 e. The van der Waals surface area contributed by atoms with Crippen LogP contribution in [0.3, 0.4) is 0 Å². The maximum atomic E-state index is 12.5. The minimum atomic E-state index is -0.605. The number of esters is 1. The van der Waals surface area contributed by atoms with Crippen molar-refractivity contribution in [1.82, 2.24) is 5.32 Å². The lowest BCUT2D eigenvalue weighted by Gasteiger charge is -2.56. The van der Waals surface area contributed by atoms with Crippen LogP contribution in [0, 0.1) is 30.1 Å². The van der Waals surface area contributed by atoms with E-state index < -0.39 is 11.9 Å². The van der Waals surface area contributed by atoms with E-state index in [0.29, 0.717) is 12.1 Å². The van der Waals surface area contributed by atoms with Crippen molar-refractivity contribution in [2.75, 3.05) is 18.5 Å². The fourth-order valence-electron chi connectivity index (χ4n) is 6.19. The summed E-state index contributed by atoms with van der Waals surface area (Å²) in [5, 5.41) is 5.39. The lowest BCUT2D eigenvalue weighted by Crippen LogP contribution is -2.48. The summed E-state index contributed by atoms with van der Waals surface area (Å²) in [5.41, 5.74) is 1.82. The SMILES string of the molecule is Cc1ccc(NC(=O)COC(=O)CNC(=O)CC23CC4CC(CC(C4)C2)C3)c(Br)c1. The van der Waals surface area contributed by atoms with Crippen LogP contribution in [0.1, 0.15) is 50.5 Å². The van der Waals surface area contributed by atoms with E-state index in [9.17, 15) is 14.4 Å². The van der Waals surface area contributed by atoms with Crippen LogP contribution in [-0.2, 0) is 19.1 Å². The standard InChI is InChI=1S/C23H29BrN2O4/c1-14-2-3-19(18(24)4-14)26-21(28)13-30-22(29)12-25-20(27)11-23-8-15-5-16(9-23)7-17(6-15)10-23/h2-4,15-17H,5-13H2,1H3,(H,25,27)(H,26,28). The van der Waals surface area contributed by atoms with Gasteiger partial charge in [0.2, 0.25) is 5.91 Å². The third-order valence-electron chi connectivity index (χ3n) is 6.89. The highest BCUT2D eigenvalue weighted by molar-refractivity contribution is 9.10. The molecule has 162 valence electrons. The lowest BCUT2D eigenvalue weighted by molar-refractivity contribution is -0.147. The van der Waals surface area contributed by atoms with E-state index >= 15 is 0 Å². The Morgan fingerprint density at radius 2 is 1.70 bits per heavy atom. The molecule has 30 heavy (non-hydrogen) atoms. The zero-order chi connectivity index (χ0) is 21.3. The first-order valence-electron chi connectivity index (χ1n) is 10.8. The van der Waals surface area contributed by atoms with Gasteiger partial charge in [0.15, 0.2) is 6.61 Å². The highest BCUT2D eigenvalue weighted by atomic mass is 79.9. The minimum Gasteiger partial charge on any atom is -0.454 e. The van der Waals surface area contributed by atoms with Crippen molar-refractivity contribution in [3.63, 3.8) is 0 Å². The van der Waals surface area contributed by atoms with Crippen LogP contribution in [0.4, 0.5) is 5.69 Å². The molecule has 4 saturated carbocycles. The van der Waals surface area contributed by atoms with E-state index in [4.69, 9.17) is 4.74 Å². The summed E-state index contributed by atoms with van der Waals surface area (Å²) >= 11 is 3.39. The van der Waals surface area contributed by atoms with Crippen LogP contribution in [0.25, 0.3) is 0 Å². The van der Waals surface area contributed by atoms with Gasteiger partial charge in [-0.3, -0.25) is 14.4 Å². The van der Waals surface area contributed by atoms with Gasteiger partial charge in [0, 0.05) is 10.9 Å². The molecule has 0 radical (unpaired) electrons. The Labute approximate surface area is 185 Å². The largest absolute Gasteiger partial charge is 0.454 e. The number of ether oxygens (including phenoxy) is 1. The van der Waals surface area contributed by atoms with Gasteiger partial charge < -0.3 is 15.4 Å². The minimum absolute atomic E-state index is 0.0815. The molecule has 0 aromatic heterocycles. The van der Waals surface area contributed by atoms with E-state index in [-0.39, 0.29) is 24.5 Å². The molecule has 2 amide bonds. The second-order valence-electron chi connectivity index (χ2n) is 9.56. The van der Waals surface area contributed by atoms with Gasteiger partial charge in [0.05, 0.1) is 5.69 Å². The highest BCUT2D eigenvalue weighted by Crippen LogP contribution is 2.61. The number of carbonyl (C=O) groups excluding carboxylic acids is 3. The molecule has 0 unspecified atom stereocenters. The molecule has 4 fully saturated rings. The number of anilines is 1. The third kappa shape index (κ3) is 5.05. The predicted molar refractivity (Wildman–Crippen MR) is 117 cm³/mol. The van der Waals surface area contributed by atoms with Crippen molar-refractivity contribution in [2.45, 2.75) is 51.9 Å². The zero-order valence-electron chi connectivity index (χ0n) is 17.3. The summed E-state index contributed by atoms with van der Waals surface area (Å²) in [6.45, 7) is 1.37. The predicted octanol–water partition coefficient (Wildman–Crippen LogP) is 3.96. The Bertz CT molecular complexity index is 818. The van der Waals surface area contributed by atoms with Crippen LogP contribution < -0.4 is 10.6 Å². The van der Waals surface area contributed by atoms with E-state index in [0.717, 1.165) is 47.1 Å². The first-order chi connectivity index (χ1) is 14.3. The molecule has 4 aliphatic rings. The molecule has 7 heteroatoms. The molecule has 4 bridgehead atoms. The second kappa shape index (κ2) is 8.69. The summed E-state index contributed by atoms with van der Waals surface area (Å²) in [6, 6.07) is 5.55. The summed E-state index contributed by atoms with van der Waals surface area (Å²) in [7, 11) is 0. The average Bonchev–Trinajstić information content (AvgIpc) is 2.65. The van der Waals surface area contributed by atoms with Crippen LogP contribution in [0.2, 0.25) is 0 Å². The summed E-state index contributed by atoms with van der Waals surface area (Å²) < 4.78 is 5.77. The Morgan fingerprint density at radius 1 is 1.07 bits per heavy atom. The Hall–Kier alpha value is -1.89. The van der Waals surface area contributed by atoms with Gasteiger partial charge in [-0.1, -0.05) is 6.07 Å². The molecule has 0 heterocycles. The molecule has 6 nitrogen and oxygen atoms in total. The molecule has 2 N–H and O–H groups in total. The van der Waals surface area contributed by atoms with Gasteiger partial charge >= 0.3 is 5.97 Å². The molecule has 0 aliphatic heterocycles. The van der Waals surface area contributed by atoms with Gasteiger partial charge in [-0.15, -0.1) is 0 Å². The normalized spacial score (nSPS) is 28.8. The number of carbonyl (C=O) groups is 3. The average molecular weight is 477 g/mol.